The van der Waals surface area contributed by atoms with Gasteiger partial charge in [0.25, 0.3) is 5.91 Å². The summed E-state index contributed by atoms with van der Waals surface area (Å²) in [5.41, 5.74) is 5.44. The number of benzene rings is 2. The van der Waals surface area contributed by atoms with Crippen molar-refractivity contribution in [3.8, 4) is 11.1 Å². The molecule has 1 fully saturated rings. The van der Waals surface area contributed by atoms with Crippen molar-refractivity contribution in [3.63, 3.8) is 0 Å². The highest BCUT2D eigenvalue weighted by Gasteiger charge is 2.21. The molecular weight excluding hydrogens is 346 g/mol. The van der Waals surface area contributed by atoms with Crippen molar-refractivity contribution in [1.29, 1.82) is 0 Å². The second-order valence-electron chi connectivity index (χ2n) is 7.02. The lowest BCUT2D eigenvalue weighted by atomic mass is 9.88. The minimum atomic E-state index is 0.0740. The van der Waals surface area contributed by atoms with Crippen LogP contribution in [0.2, 0.25) is 5.02 Å². The molecule has 1 aliphatic heterocycles. The quantitative estimate of drug-likeness (QED) is 0.742. The Morgan fingerprint density at radius 3 is 2.50 bits per heavy atom. The Morgan fingerprint density at radius 2 is 1.85 bits per heavy atom. The van der Waals surface area contributed by atoms with E-state index in [0.29, 0.717) is 32.2 Å². The minimum Gasteiger partial charge on any atom is -0.378 e. The third kappa shape index (κ3) is 3.94. The van der Waals surface area contributed by atoms with Crippen LogP contribution < -0.4 is 0 Å². The Balaban J connectivity index is 2.08. The average Bonchev–Trinajstić information content (AvgIpc) is 2.67. The number of carbonyl (C=O) groups is 1. The van der Waals surface area contributed by atoms with Gasteiger partial charge in [-0.25, -0.2) is 0 Å². The summed E-state index contributed by atoms with van der Waals surface area (Å²) >= 11 is 6.29. The zero-order valence-corrected chi connectivity index (χ0v) is 16.5. The first-order valence-electron chi connectivity index (χ1n) is 9.31. The molecule has 4 heteroatoms. The van der Waals surface area contributed by atoms with Gasteiger partial charge in [0, 0.05) is 23.7 Å². The van der Waals surface area contributed by atoms with E-state index in [1.807, 2.05) is 29.2 Å². The first-order chi connectivity index (χ1) is 12.5. The molecular formula is C22H26ClNO2. The molecule has 3 rings (SSSR count). The van der Waals surface area contributed by atoms with Crippen LogP contribution in [0.4, 0.5) is 0 Å². The van der Waals surface area contributed by atoms with Crippen LogP contribution in [0.25, 0.3) is 11.1 Å². The number of amides is 1. The maximum Gasteiger partial charge on any atom is 0.254 e. The first kappa shape index (κ1) is 18.9. The fraction of sp³-hybridized carbons (Fsp3) is 0.409. The van der Waals surface area contributed by atoms with Crippen LogP contribution >= 0.6 is 11.6 Å². The van der Waals surface area contributed by atoms with Crippen molar-refractivity contribution in [1.82, 2.24) is 4.90 Å². The lowest BCUT2D eigenvalue weighted by molar-refractivity contribution is 0.0303. The molecule has 0 aromatic heterocycles. The molecule has 0 spiro atoms. The zero-order chi connectivity index (χ0) is 18.7. The highest BCUT2D eigenvalue weighted by atomic mass is 35.5. The van der Waals surface area contributed by atoms with Crippen molar-refractivity contribution in [2.45, 2.75) is 33.1 Å². The molecule has 0 bridgehead atoms. The highest BCUT2D eigenvalue weighted by Crippen LogP contribution is 2.34. The molecule has 3 nitrogen and oxygen atoms in total. The first-order valence-corrected chi connectivity index (χ1v) is 9.68. The van der Waals surface area contributed by atoms with Gasteiger partial charge >= 0.3 is 0 Å². The molecule has 0 N–H and O–H groups in total. The number of aryl methyl sites for hydroxylation is 1. The third-order valence-corrected chi connectivity index (χ3v) is 5.20. The van der Waals surface area contributed by atoms with Crippen molar-refractivity contribution in [2.75, 3.05) is 26.3 Å². The number of hydrogen-bond acceptors (Lipinski definition) is 2. The molecule has 0 atom stereocenters. The van der Waals surface area contributed by atoms with Crippen LogP contribution in [0.15, 0.2) is 36.4 Å². The Labute approximate surface area is 160 Å². The van der Waals surface area contributed by atoms with Crippen molar-refractivity contribution < 1.29 is 9.53 Å². The smallest absolute Gasteiger partial charge is 0.254 e. The number of nitrogens with zero attached hydrogens (tertiary/aromatic N) is 1. The summed E-state index contributed by atoms with van der Waals surface area (Å²) in [4.78, 5) is 14.8. The summed E-state index contributed by atoms with van der Waals surface area (Å²) < 4.78 is 5.36. The maximum absolute atomic E-state index is 12.9. The molecule has 1 heterocycles. The Kier molecular flexibility index (Phi) is 6.00. The molecule has 138 valence electrons. The van der Waals surface area contributed by atoms with Crippen LogP contribution in [-0.4, -0.2) is 37.1 Å². The molecule has 2 aromatic carbocycles. The molecule has 1 saturated heterocycles. The lowest BCUT2D eigenvalue weighted by Gasteiger charge is -2.27. The number of ether oxygens (including phenoxy) is 1. The van der Waals surface area contributed by atoms with Gasteiger partial charge in [-0.3, -0.25) is 4.79 Å². The van der Waals surface area contributed by atoms with Gasteiger partial charge < -0.3 is 9.64 Å². The molecule has 1 aliphatic rings. The summed E-state index contributed by atoms with van der Waals surface area (Å²) in [5.74, 6) is 0.436. The van der Waals surface area contributed by atoms with Crippen LogP contribution in [0, 0.1) is 0 Å². The van der Waals surface area contributed by atoms with Gasteiger partial charge in [-0.05, 0) is 58.9 Å². The van der Waals surface area contributed by atoms with Crippen LogP contribution in [0.3, 0.4) is 0 Å². The third-order valence-electron chi connectivity index (χ3n) is 4.96. The minimum absolute atomic E-state index is 0.0740. The normalized spacial score (nSPS) is 14.7. The molecule has 0 unspecified atom stereocenters. The van der Waals surface area contributed by atoms with E-state index in [-0.39, 0.29) is 5.91 Å². The van der Waals surface area contributed by atoms with E-state index in [4.69, 9.17) is 16.3 Å². The predicted molar refractivity (Wildman–Crippen MR) is 107 cm³/mol. The van der Waals surface area contributed by atoms with E-state index < -0.39 is 0 Å². The van der Waals surface area contributed by atoms with Gasteiger partial charge in [0.2, 0.25) is 0 Å². The topological polar surface area (TPSA) is 29.5 Å². The van der Waals surface area contributed by atoms with Gasteiger partial charge in [-0.2, -0.15) is 0 Å². The second-order valence-corrected chi connectivity index (χ2v) is 7.45. The fourth-order valence-electron chi connectivity index (χ4n) is 3.48. The SMILES string of the molecule is CCc1ccc(Cl)cc1-c1cc(C(=O)N2CCOCC2)ccc1C(C)C. The van der Waals surface area contributed by atoms with Gasteiger partial charge in [0.1, 0.15) is 0 Å². The van der Waals surface area contributed by atoms with Gasteiger partial charge in [-0.15, -0.1) is 0 Å². The Morgan fingerprint density at radius 1 is 1.12 bits per heavy atom. The Bertz CT molecular complexity index is 795. The monoisotopic (exact) mass is 371 g/mol. The summed E-state index contributed by atoms with van der Waals surface area (Å²) in [7, 11) is 0. The highest BCUT2D eigenvalue weighted by molar-refractivity contribution is 6.30. The maximum atomic E-state index is 12.9. The van der Waals surface area contributed by atoms with Gasteiger partial charge in [0.15, 0.2) is 0 Å². The molecule has 0 saturated carbocycles. The van der Waals surface area contributed by atoms with Gasteiger partial charge in [-0.1, -0.05) is 44.5 Å². The lowest BCUT2D eigenvalue weighted by Crippen LogP contribution is -2.40. The van der Waals surface area contributed by atoms with E-state index in [9.17, 15) is 4.79 Å². The van der Waals surface area contributed by atoms with Crippen molar-refractivity contribution >= 4 is 17.5 Å². The van der Waals surface area contributed by atoms with Crippen LogP contribution in [0.5, 0.6) is 0 Å². The van der Waals surface area contributed by atoms with Gasteiger partial charge in [0.05, 0.1) is 13.2 Å². The number of morpholine rings is 1. The van der Waals surface area contributed by atoms with Crippen LogP contribution in [0.1, 0.15) is 48.2 Å². The summed E-state index contributed by atoms with van der Waals surface area (Å²) in [6.07, 6.45) is 0.922. The predicted octanol–water partition coefficient (Wildman–Crippen LogP) is 5.17. The van der Waals surface area contributed by atoms with E-state index in [0.717, 1.165) is 28.1 Å². The molecule has 0 radical (unpaired) electrons. The summed E-state index contributed by atoms with van der Waals surface area (Å²) in [6.45, 7) is 9.02. The fourth-order valence-corrected chi connectivity index (χ4v) is 3.65. The van der Waals surface area contributed by atoms with E-state index >= 15 is 0 Å². The molecule has 0 aliphatic carbocycles. The van der Waals surface area contributed by atoms with Crippen LogP contribution in [-0.2, 0) is 11.2 Å². The van der Waals surface area contributed by atoms with E-state index in [1.54, 1.807) is 0 Å². The average molecular weight is 372 g/mol. The molecule has 2 aromatic rings. The number of carbonyl (C=O) groups excluding carboxylic acids is 1. The Hall–Kier alpha value is -1.84. The number of rotatable bonds is 4. The summed E-state index contributed by atoms with van der Waals surface area (Å²) in [6, 6.07) is 12.1. The van der Waals surface area contributed by atoms with E-state index in [2.05, 4.69) is 32.9 Å². The largest absolute Gasteiger partial charge is 0.378 e. The van der Waals surface area contributed by atoms with Crippen molar-refractivity contribution in [3.05, 3.63) is 58.1 Å². The summed E-state index contributed by atoms with van der Waals surface area (Å²) in [5, 5.41) is 0.719. The second kappa shape index (κ2) is 8.24. The number of hydrogen-bond donors (Lipinski definition) is 0. The van der Waals surface area contributed by atoms with E-state index in [1.165, 1.54) is 11.1 Å². The zero-order valence-electron chi connectivity index (χ0n) is 15.7. The number of halogens is 1. The molecule has 26 heavy (non-hydrogen) atoms. The molecule has 1 amide bonds. The standard InChI is InChI=1S/C22H26ClNO2/c1-4-16-5-7-18(23)14-20(16)21-13-17(6-8-19(21)15(2)3)22(25)24-9-11-26-12-10-24/h5-8,13-15H,4,9-12H2,1-3H3. The van der Waals surface area contributed by atoms with Crippen molar-refractivity contribution in [2.24, 2.45) is 0 Å².